The van der Waals surface area contributed by atoms with Gasteiger partial charge in [0.05, 0.1) is 11.2 Å². The van der Waals surface area contributed by atoms with Crippen LogP contribution in [0.25, 0.3) is 10.9 Å². The van der Waals surface area contributed by atoms with Gasteiger partial charge >= 0.3 is 0 Å². The van der Waals surface area contributed by atoms with Crippen LogP contribution in [-0.4, -0.2) is 22.9 Å². The molecule has 1 aromatic heterocycles. The molecule has 1 aliphatic rings. The van der Waals surface area contributed by atoms with E-state index in [2.05, 4.69) is 56.2 Å². The minimum atomic E-state index is 0.713. The minimum Gasteiger partial charge on any atom is -0.316 e. The Hall–Kier alpha value is -0.870. The number of para-hydroxylation sites is 1. The molecule has 4 heteroatoms. The smallest absolute Gasteiger partial charge is 0.0827 e. The average molecular weight is 294 g/mol. The van der Waals surface area contributed by atoms with Crippen molar-refractivity contribution in [3.8, 4) is 0 Å². The van der Waals surface area contributed by atoms with Crippen LogP contribution in [0.3, 0.4) is 0 Å². The first kappa shape index (κ1) is 11.2. The van der Waals surface area contributed by atoms with E-state index in [9.17, 15) is 0 Å². The Morgan fingerprint density at radius 3 is 3.18 bits per heavy atom. The second-order valence-electron chi connectivity index (χ2n) is 4.76. The number of nitrogens with zero attached hydrogens (tertiary/aromatic N) is 2. The van der Waals surface area contributed by atoms with Gasteiger partial charge in [0.1, 0.15) is 0 Å². The zero-order chi connectivity index (χ0) is 11.8. The van der Waals surface area contributed by atoms with Crippen molar-refractivity contribution in [1.82, 2.24) is 15.1 Å². The van der Waals surface area contributed by atoms with Gasteiger partial charge in [-0.25, -0.2) is 0 Å². The number of benzene rings is 1. The van der Waals surface area contributed by atoms with Crippen LogP contribution in [-0.2, 0) is 6.54 Å². The zero-order valence-corrected chi connectivity index (χ0v) is 11.5. The van der Waals surface area contributed by atoms with Crippen LogP contribution in [0.5, 0.6) is 0 Å². The fourth-order valence-corrected chi connectivity index (χ4v) is 3.17. The minimum absolute atomic E-state index is 0.713. The molecule has 1 unspecified atom stereocenters. The molecule has 0 aliphatic carbocycles. The molecule has 0 amide bonds. The molecule has 2 aromatic rings. The molecule has 3 nitrogen and oxygen atoms in total. The number of nitrogens with one attached hydrogen (secondary N) is 1. The van der Waals surface area contributed by atoms with Gasteiger partial charge in [0.25, 0.3) is 0 Å². The molecule has 0 radical (unpaired) electrons. The van der Waals surface area contributed by atoms with Gasteiger partial charge in [0.2, 0.25) is 0 Å². The number of fused-ring (bicyclic) bond motifs is 1. The van der Waals surface area contributed by atoms with E-state index in [4.69, 9.17) is 0 Å². The largest absolute Gasteiger partial charge is 0.316 e. The van der Waals surface area contributed by atoms with E-state index in [0.29, 0.717) is 5.92 Å². The molecule has 90 valence electrons. The maximum absolute atomic E-state index is 4.67. The van der Waals surface area contributed by atoms with Crippen molar-refractivity contribution in [3.63, 3.8) is 0 Å². The predicted molar refractivity (Wildman–Crippen MR) is 73.1 cm³/mol. The summed E-state index contributed by atoms with van der Waals surface area (Å²) in [7, 11) is 0. The van der Waals surface area contributed by atoms with Gasteiger partial charge in [-0.3, -0.25) is 4.68 Å². The van der Waals surface area contributed by atoms with Crippen LogP contribution in [0.4, 0.5) is 0 Å². The number of aromatic nitrogens is 2. The van der Waals surface area contributed by atoms with Gasteiger partial charge in [-0.2, -0.15) is 5.10 Å². The molecule has 17 heavy (non-hydrogen) atoms. The standard InChI is InChI=1S/C13H16BrN3/c1-9-11-3-2-4-12(14)13(11)17(16-9)8-10-5-6-15-7-10/h2-4,10,15H,5-8H2,1H3. The van der Waals surface area contributed by atoms with Crippen LogP contribution >= 0.6 is 15.9 Å². The number of rotatable bonds is 2. The van der Waals surface area contributed by atoms with Crippen LogP contribution in [0.2, 0.25) is 0 Å². The maximum Gasteiger partial charge on any atom is 0.0827 e. The Bertz CT molecular complexity index is 541. The van der Waals surface area contributed by atoms with Crippen LogP contribution < -0.4 is 5.32 Å². The Balaban J connectivity index is 2.03. The first-order valence-electron chi connectivity index (χ1n) is 6.08. The second-order valence-corrected chi connectivity index (χ2v) is 5.62. The van der Waals surface area contributed by atoms with Gasteiger partial charge in [0, 0.05) is 16.4 Å². The Labute approximate surface area is 109 Å². The number of halogens is 1. The molecule has 1 aliphatic heterocycles. The summed E-state index contributed by atoms with van der Waals surface area (Å²) < 4.78 is 3.30. The monoisotopic (exact) mass is 293 g/mol. The van der Waals surface area contributed by atoms with E-state index in [1.165, 1.54) is 17.3 Å². The number of aryl methyl sites for hydroxylation is 1. The van der Waals surface area contributed by atoms with Crippen molar-refractivity contribution >= 4 is 26.8 Å². The van der Waals surface area contributed by atoms with Crippen molar-refractivity contribution in [2.75, 3.05) is 13.1 Å². The van der Waals surface area contributed by atoms with Crippen molar-refractivity contribution in [3.05, 3.63) is 28.4 Å². The Morgan fingerprint density at radius 1 is 1.53 bits per heavy atom. The van der Waals surface area contributed by atoms with Crippen molar-refractivity contribution < 1.29 is 0 Å². The number of hydrogen-bond acceptors (Lipinski definition) is 2. The van der Waals surface area contributed by atoms with E-state index < -0.39 is 0 Å². The lowest BCUT2D eigenvalue weighted by Crippen LogP contribution is -2.15. The summed E-state index contributed by atoms with van der Waals surface area (Å²) in [6.45, 7) is 5.35. The third kappa shape index (κ3) is 2.00. The molecular formula is C13H16BrN3. The normalized spacial score (nSPS) is 20.2. The quantitative estimate of drug-likeness (QED) is 0.923. The van der Waals surface area contributed by atoms with E-state index >= 15 is 0 Å². The summed E-state index contributed by atoms with van der Waals surface area (Å²) in [5.41, 5.74) is 2.35. The van der Waals surface area contributed by atoms with Gasteiger partial charge in [-0.1, -0.05) is 12.1 Å². The topological polar surface area (TPSA) is 29.9 Å². The fourth-order valence-electron chi connectivity index (χ4n) is 2.60. The van der Waals surface area contributed by atoms with Crippen LogP contribution in [0, 0.1) is 12.8 Å². The second kappa shape index (κ2) is 4.42. The molecular weight excluding hydrogens is 278 g/mol. The highest BCUT2D eigenvalue weighted by molar-refractivity contribution is 9.10. The van der Waals surface area contributed by atoms with Gasteiger partial charge < -0.3 is 5.32 Å². The third-order valence-electron chi connectivity index (χ3n) is 3.50. The Morgan fingerprint density at radius 2 is 2.41 bits per heavy atom. The van der Waals surface area contributed by atoms with Crippen molar-refractivity contribution in [2.45, 2.75) is 19.9 Å². The summed E-state index contributed by atoms with van der Waals surface area (Å²) in [6, 6.07) is 6.31. The first-order chi connectivity index (χ1) is 8.25. The molecule has 0 bridgehead atoms. The van der Waals surface area contributed by atoms with Crippen LogP contribution in [0.15, 0.2) is 22.7 Å². The summed E-state index contributed by atoms with van der Waals surface area (Å²) in [5, 5.41) is 9.34. The summed E-state index contributed by atoms with van der Waals surface area (Å²) >= 11 is 3.63. The first-order valence-corrected chi connectivity index (χ1v) is 6.87. The van der Waals surface area contributed by atoms with Gasteiger partial charge in [0.15, 0.2) is 0 Å². The van der Waals surface area contributed by atoms with Gasteiger partial charge in [-0.05, 0) is 54.3 Å². The summed E-state index contributed by atoms with van der Waals surface area (Å²) in [5.74, 6) is 0.713. The molecule has 1 atom stereocenters. The molecule has 1 fully saturated rings. The number of hydrogen-bond donors (Lipinski definition) is 1. The van der Waals surface area contributed by atoms with Gasteiger partial charge in [-0.15, -0.1) is 0 Å². The fraction of sp³-hybridized carbons (Fsp3) is 0.462. The van der Waals surface area contributed by atoms with E-state index in [1.807, 2.05) is 0 Å². The zero-order valence-electron chi connectivity index (χ0n) is 9.91. The highest BCUT2D eigenvalue weighted by atomic mass is 79.9. The van der Waals surface area contributed by atoms with E-state index in [1.54, 1.807) is 0 Å². The molecule has 0 spiro atoms. The Kier molecular flexibility index (Phi) is 2.92. The van der Waals surface area contributed by atoms with E-state index in [-0.39, 0.29) is 0 Å². The predicted octanol–water partition coefficient (Wildman–Crippen LogP) is 2.72. The molecule has 2 heterocycles. The molecule has 1 saturated heterocycles. The summed E-state index contributed by atoms with van der Waals surface area (Å²) in [6.07, 6.45) is 1.25. The SMILES string of the molecule is Cc1nn(CC2CCNC2)c2c(Br)cccc12. The lowest BCUT2D eigenvalue weighted by molar-refractivity contribution is 0.457. The lowest BCUT2D eigenvalue weighted by atomic mass is 10.1. The molecule has 1 aromatic carbocycles. The summed E-state index contributed by atoms with van der Waals surface area (Å²) in [4.78, 5) is 0. The molecule has 3 rings (SSSR count). The van der Waals surface area contributed by atoms with Crippen molar-refractivity contribution in [2.24, 2.45) is 5.92 Å². The van der Waals surface area contributed by atoms with E-state index in [0.717, 1.165) is 29.8 Å². The lowest BCUT2D eigenvalue weighted by Gasteiger charge is -2.10. The third-order valence-corrected chi connectivity index (χ3v) is 4.14. The maximum atomic E-state index is 4.67. The highest BCUT2D eigenvalue weighted by Crippen LogP contribution is 2.27. The molecule has 0 saturated carbocycles. The van der Waals surface area contributed by atoms with Crippen molar-refractivity contribution in [1.29, 1.82) is 0 Å². The highest BCUT2D eigenvalue weighted by Gasteiger charge is 2.18. The van der Waals surface area contributed by atoms with Crippen LogP contribution in [0.1, 0.15) is 12.1 Å². The average Bonchev–Trinajstić information content (AvgIpc) is 2.90. The molecule has 1 N–H and O–H groups in total.